The summed E-state index contributed by atoms with van der Waals surface area (Å²) >= 11 is 0. The Bertz CT molecular complexity index is 399. The summed E-state index contributed by atoms with van der Waals surface area (Å²) in [6.07, 6.45) is 6.04. The maximum absolute atomic E-state index is 11.3. The molecule has 1 aliphatic rings. The smallest absolute Gasteiger partial charge is 0.327 e. The molecule has 6 heteroatoms. The monoisotopic (exact) mass is 253 g/mol. The second kappa shape index (κ2) is 5.86. The van der Waals surface area contributed by atoms with Crippen molar-refractivity contribution < 1.29 is 14.3 Å². The zero-order valence-electron chi connectivity index (χ0n) is 10.8. The number of nitrogens with one attached hydrogen (secondary N) is 1. The van der Waals surface area contributed by atoms with Crippen LogP contribution in [0.4, 0.5) is 5.69 Å². The molecule has 1 aromatic heterocycles. The quantitative estimate of drug-likeness (QED) is 0.794. The number of carbonyl (C=O) groups is 1. The summed E-state index contributed by atoms with van der Waals surface area (Å²) in [6.45, 7) is 3.36. The minimum atomic E-state index is -0.379. The molecule has 2 atom stereocenters. The van der Waals surface area contributed by atoms with E-state index in [1.807, 2.05) is 10.9 Å². The van der Waals surface area contributed by atoms with E-state index in [9.17, 15) is 4.79 Å². The van der Waals surface area contributed by atoms with E-state index in [1.54, 1.807) is 13.1 Å². The Balaban J connectivity index is 1.87. The lowest BCUT2D eigenvalue weighted by Crippen LogP contribution is -2.26. The lowest BCUT2D eigenvalue weighted by atomic mass is 10.2. The van der Waals surface area contributed by atoms with Crippen molar-refractivity contribution in [2.24, 2.45) is 0 Å². The Kier molecular flexibility index (Phi) is 4.19. The number of rotatable bonds is 5. The van der Waals surface area contributed by atoms with Crippen molar-refractivity contribution in [1.82, 2.24) is 9.78 Å². The summed E-state index contributed by atoms with van der Waals surface area (Å²) in [5, 5.41) is 7.28. The van der Waals surface area contributed by atoms with Gasteiger partial charge >= 0.3 is 5.97 Å². The van der Waals surface area contributed by atoms with Gasteiger partial charge in [0.05, 0.1) is 31.6 Å². The normalized spacial score (nSPS) is 20.7. The molecule has 0 bridgehead atoms. The second-order valence-corrected chi connectivity index (χ2v) is 4.48. The maximum atomic E-state index is 11.3. The van der Waals surface area contributed by atoms with Crippen LogP contribution in [0.15, 0.2) is 12.4 Å². The molecule has 2 heterocycles. The molecule has 1 fully saturated rings. The number of hydrogen-bond acceptors (Lipinski definition) is 5. The van der Waals surface area contributed by atoms with Crippen molar-refractivity contribution in [3.05, 3.63) is 12.4 Å². The number of carbonyl (C=O) groups excluding carboxylic acids is 1. The van der Waals surface area contributed by atoms with Gasteiger partial charge < -0.3 is 14.8 Å². The topological polar surface area (TPSA) is 65.4 Å². The SMILES string of the molecule is COC(=O)C(C)Nc1cnn(CC2CCCO2)c1. The average molecular weight is 253 g/mol. The van der Waals surface area contributed by atoms with Crippen LogP contribution in [-0.4, -0.2) is 41.6 Å². The van der Waals surface area contributed by atoms with Crippen LogP contribution >= 0.6 is 0 Å². The summed E-state index contributed by atoms with van der Waals surface area (Å²) in [5.74, 6) is -0.290. The third-order valence-corrected chi connectivity index (χ3v) is 2.99. The highest BCUT2D eigenvalue weighted by molar-refractivity contribution is 5.78. The van der Waals surface area contributed by atoms with Gasteiger partial charge in [-0.25, -0.2) is 4.79 Å². The Labute approximate surface area is 106 Å². The molecule has 1 N–H and O–H groups in total. The van der Waals surface area contributed by atoms with Crippen LogP contribution in [-0.2, 0) is 20.8 Å². The van der Waals surface area contributed by atoms with Crippen molar-refractivity contribution in [3.63, 3.8) is 0 Å². The number of anilines is 1. The minimum absolute atomic E-state index is 0.260. The van der Waals surface area contributed by atoms with Gasteiger partial charge in [0.2, 0.25) is 0 Å². The van der Waals surface area contributed by atoms with Gasteiger partial charge in [0.25, 0.3) is 0 Å². The fraction of sp³-hybridized carbons (Fsp3) is 0.667. The van der Waals surface area contributed by atoms with E-state index in [-0.39, 0.29) is 18.1 Å². The Morgan fingerprint density at radius 2 is 2.61 bits per heavy atom. The van der Waals surface area contributed by atoms with Gasteiger partial charge in [-0.2, -0.15) is 5.10 Å². The molecule has 2 rings (SSSR count). The van der Waals surface area contributed by atoms with Gasteiger partial charge in [-0.05, 0) is 19.8 Å². The first-order chi connectivity index (χ1) is 8.69. The van der Waals surface area contributed by atoms with E-state index >= 15 is 0 Å². The molecule has 2 unspecified atom stereocenters. The molecule has 0 radical (unpaired) electrons. The zero-order chi connectivity index (χ0) is 13.0. The van der Waals surface area contributed by atoms with Gasteiger partial charge in [-0.15, -0.1) is 0 Å². The van der Waals surface area contributed by atoms with Gasteiger partial charge in [0, 0.05) is 12.8 Å². The fourth-order valence-corrected chi connectivity index (χ4v) is 2.02. The molecule has 1 aromatic rings. The molecule has 0 aliphatic carbocycles. The standard InChI is InChI=1S/C12H19N3O3/c1-9(12(16)17-2)14-10-6-13-15(7-10)8-11-4-3-5-18-11/h6-7,9,11,14H,3-5,8H2,1-2H3. The molecule has 0 saturated carbocycles. The zero-order valence-corrected chi connectivity index (χ0v) is 10.8. The fourth-order valence-electron chi connectivity index (χ4n) is 2.02. The molecule has 1 saturated heterocycles. The maximum Gasteiger partial charge on any atom is 0.327 e. The van der Waals surface area contributed by atoms with E-state index in [1.165, 1.54) is 7.11 Å². The van der Waals surface area contributed by atoms with Gasteiger partial charge in [-0.1, -0.05) is 0 Å². The summed E-state index contributed by atoms with van der Waals surface area (Å²) < 4.78 is 12.0. The summed E-state index contributed by atoms with van der Waals surface area (Å²) in [4.78, 5) is 11.3. The van der Waals surface area contributed by atoms with Crippen molar-refractivity contribution in [2.75, 3.05) is 19.0 Å². The molecular weight excluding hydrogens is 234 g/mol. The van der Waals surface area contributed by atoms with Crippen LogP contribution < -0.4 is 5.32 Å². The molecule has 18 heavy (non-hydrogen) atoms. The van der Waals surface area contributed by atoms with Crippen LogP contribution in [0.5, 0.6) is 0 Å². The second-order valence-electron chi connectivity index (χ2n) is 4.48. The highest BCUT2D eigenvalue weighted by atomic mass is 16.5. The highest BCUT2D eigenvalue weighted by Crippen LogP contribution is 2.15. The first-order valence-corrected chi connectivity index (χ1v) is 6.17. The van der Waals surface area contributed by atoms with Crippen molar-refractivity contribution >= 4 is 11.7 Å². The number of nitrogens with zero attached hydrogens (tertiary/aromatic N) is 2. The first kappa shape index (κ1) is 12.9. The predicted molar refractivity (Wildman–Crippen MR) is 66.3 cm³/mol. The largest absolute Gasteiger partial charge is 0.467 e. The number of aromatic nitrogens is 2. The van der Waals surface area contributed by atoms with E-state index < -0.39 is 0 Å². The van der Waals surface area contributed by atoms with E-state index in [2.05, 4.69) is 15.2 Å². The number of ether oxygens (including phenoxy) is 2. The molecule has 1 aliphatic heterocycles. The van der Waals surface area contributed by atoms with E-state index in [0.29, 0.717) is 0 Å². The predicted octanol–water partition coefficient (Wildman–Crippen LogP) is 1.04. The first-order valence-electron chi connectivity index (χ1n) is 6.17. The highest BCUT2D eigenvalue weighted by Gasteiger charge is 2.17. The van der Waals surface area contributed by atoms with Crippen LogP contribution in [0.3, 0.4) is 0 Å². The van der Waals surface area contributed by atoms with Gasteiger partial charge in [-0.3, -0.25) is 4.68 Å². The lowest BCUT2D eigenvalue weighted by molar-refractivity contribution is -0.141. The molecule has 0 spiro atoms. The van der Waals surface area contributed by atoms with Gasteiger partial charge in [0.15, 0.2) is 0 Å². The summed E-state index contributed by atoms with van der Waals surface area (Å²) in [7, 11) is 1.38. The molecule has 6 nitrogen and oxygen atoms in total. The Hall–Kier alpha value is -1.56. The van der Waals surface area contributed by atoms with E-state index in [4.69, 9.17) is 4.74 Å². The number of hydrogen-bond donors (Lipinski definition) is 1. The van der Waals surface area contributed by atoms with Crippen LogP contribution in [0, 0.1) is 0 Å². The van der Waals surface area contributed by atoms with E-state index in [0.717, 1.165) is 31.7 Å². The third-order valence-electron chi connectivity index (χ3n) is 2.99. The van der Waals surface area contributed by atoms with Crippen molar-refractivity contribution in [2.45, 2.75) is 38.5 Å². The van der Waals surface area contributed by atoms with Gasteiger partial charge in [0.1, 0.15) is 6.04 Å². The number of methoxy groups -OCH3 is 1. The van der Waals surface area contributed by atoms with Crippen LogP contribution in [0.2, 0.25) is 0 Å². The molecule has 0 amide bonds. The number of esters is 1. The summed E-state index contributed by atoms with van der Waals surface area (Å²) in [6, 6.07) is -0.379. The van der Waals surface area contributed by atoms with Crippen LogP contribution in [0.25, 0.3) is 0 Å². The summed E-state index contributed by atoms with van der Waals surface area (Å²) in [5.41, 5.74) is 0.811. The molecular formula is C12H19N3O3. The third kappa shape index (κ3) is 3.22. The Morgan fingerprint density at radius 3 is 3.28 bits per heavy atom. The lowest BCUT2D eigenvalue weighted by Gasteiger charge is -2.11. The van der Waals surface area contributed by atoms with Crippen molar-refractivity contribution in [1.29, 1.82) is 0 Å². The molecule has 100 valence electrons. The Morgan fingerprint density at radius 1 is 1.78 bits per heavy atom. The minimum Gasteiger partial charge on any atom is -0.467 e. The van der Waals surface area contributed by atoms with Crippen molar-refractivity contribution in [3.8, 4) is 0 Å². The van der Waals surface area contributed by atoms with Crippen LogP contribution in [0.1, 0.15) is 19.8 Å². The average Bonchev–Trinajstić information content (AvgIpc) is 3.01. The molecule has 0 aromatic carbocycles.